The summed E-state index contributed by atoms with van der Waals surface area (Å²) in [6.07, 6.45) is 3.97. The SMILES string of the molecule is c1cc2c(cc1-c1cn[nH]c1C1CCOCC1)OCO2. The Labute approximate surface area is 116 Å². The van der Waals surface area contributed by atoms with Crippen LogP contribution in [0, 0.1) is 0 Å². The van der Waals surface area contributed by atoms with Gasteiger partial charge in [0.2, 0.25) is 6.79 Å². The molecule has 0 radical (unpaired) electrons. The number of hydrogen-bond acceptors (Lipinski definition) is 4. The van der Waals surface area contributed by atoms with Crippen LogP contribution in [0.5, 0.6) is 11.5 Å². The van der Waals surface area contributed by atoms with Gasteiger partial charge in [0.25, 0.3) is 0 Å². The van der Waals surface area contributed by atoms with Gasteiger partial charge in [-0.2, -0.15) is 5.10 Å². The van der Waals surface area contributed by atoms with Gasteiger partial charge in [0.05, 0.1) is 6.20 Å². The third-order valence-electron chi connectivity index (χ3n) is 3.98. The van der Waals surface area contributed by atoms with Crippen molar-refractivity contribution in [1.29, 1.82) is 0 Å². The minimum absolute atomic E-state index is 0.303. The van der Waals surface area contributed by atoms with E-state index in [9.17, 15) is 0 Å². The number of rotatable bonds is 2. The lowest BCUT2D eigenvalue weighted by molar-refractivity contribution is 0.0846. The van der Waals surface area contributed by atoms with Gasteiger partial charge in [-0.1, -0.05) is 6.07 Å². The molecule has 2 aromatic rings. The van der Waals surface area contributed by atoms with Crippen molar-refractivity contribution in [3.8, 4) is 22.6 Å². The van der Waals surface area contributed by atoms with E-state index in [-0.39, 0.29) is 0 Å². The van der Waals surface area contributed by atoms with E-state index >= 15 is 0 Å². The maximum atomic E-state index is 5.45. The fourth-order valence-corrected chi connectivity index (χ4v) is 2.89. The van der Waals surface area contributed by atoms with Gasteiger partial charge >= 0.3 is 0 Å². The van der Waals surface area contributed by atoms with Gasteiger partial charge in [-0.05, 0) is 30.5 Å². The highest BCUT2D eigenvalue weighted by Crippen LogP contribution is 2.39. The summed E-state index contributed by atoms with van der Waals surface area (Å²) in [6.45, 7) is 1.95. The van der Waals surface area contributed by atoms with E-state index in [2.05, 4.69) is 16.3 Å². The summed E-state index contributed by atoms with van der Waals surface area (Å²) < 4.78 is 16.2. The van der Waals surface area contributed by atoms with Crippen LogP contribution in [0.15, 0.2) is 24.4 Å². The topological polar surface area (TPSA) is 56.4 Å². The zero-order valence-electron chi connectivity index (χ0n) is 11.1. The molecule has 0 saturated carbocycles. The maximum absolute atomic E-state index is 5.45. The van der Waals surface area contributed by atoms with Crippen LogP contribution in [0.3, 0.4) is 0 Å². The number of hydrogen-bond donors (Lipinski definition) is 1. The Morgan fingerprint density at radius 3 is 2.85 bits per heavy atom. The molecule has 4 rings (SSSR count). The lowest BCUT2D eigenvalue weighted by Gasteiger charge is -2.22. The van der Waals surface area contributed by atoms with Crippen LogP contribution in [-0.2, 0) is 4.74 Å². The standard InChI is InChI=1S/C15H16N2O3/c1-2-13-14(20-9-19-13)7-11(1)12-8-16-17-15(12)10-3-5-18-6-4-10/h1-2,7-8,10H,3-6,9H2,(H,16,17). The number of nitrogens with one attached hydrogen (secondary N) is 1. The molecule has 0 spiro atoms. The molecule has 2 aliphatic rings. The Bertz CT molecular complexity index is 617. The van der Waals surface area contributed by atoms with Crippen LogP contribution < -0.4 is 9.47 Å². The predicted molar refractivity (Wildman–Crippen MR) is 72.9 cm³/mol. The number of ether oxygens (including phenoxy) is 3. The number of aromatic amines is 1. The van der Waals surface area contributed by atoms with Gasteiger partial charge in [0, 0.05) is 30.4 Å². The average Bonchev–Trinajstić information content (AvgIpc) is 3.16. The van der Waals surface area contributed by atoms with E-state index < -0.39 is 0 Å². The van der Waals surface area contributed by atoms with Crippen molar-refractivity contribution in [2.45, 2.75) is 18.8 Å². The molecule has 5 heteroatoms. The second-order valence-corrected chi connectivity index (χ2v) is 5.15. The Morgan fingerprint density at radius 1 is 1.10 bits per heavy atom. The molecule has 0 bridgehead atoms. The van der Waals surface area contributed by atoms with Crippen molar-refractivity contribution >= 4 is 0 Å². The molecule has 1 aromatic heterocycles. The fourth-order valence-electron chi connectivity index (χ4n) is 2.89. The highest BCUT2D eigenvalue weighted by molar-refractivity contribution is 5.69. The van der Waals surface area contributed by atoms with E-state index in [0.29, 0.717) is 12.7 Å². The highest BCUT2D eigenvalue weighted by atomic mass is 16.7. The Hall–Kier alpha value is -2.01. The summed E-state index contributed by atoms with van der Waals surface area (Å²) in [4.78, 5) is 0. The molecular formula is C15H16N2O3. The van der Waals surface area contributed by atoms with Crippen molar-refractivity contribution in [3.63, 3.8) is 0 Å². The van der Waals surface area contributed by atoms with Crippen LogP contribution in [0.2, 0.25) is 0 Å². The molecule has 2 aliphatic heterocycles. The second-order valence-electron chi connectivity index (χ2n) is 5.15. The van der Waals surface area contributed by atoms with Crippen molar-refractivity contribution in [3.05, 3.63) is 30.1 Å². The first-order valence-corrected chi connectivity index (χ1v) is 6.93. The van der Waals surface area contributed by atoms with Gasteiger partial charge in [-0.25, -0.2) is 0 Å². The van der Waals surface area contributed by atoms with Gasteiger partial charge in [-0.15, -0.1) is 0 Å². The van der Waals surface area contributed by atoms with Gasteiger partial charge in [-0.3, -0.25) is 5.10 Å². The molecule has 20 heavy (non-hydrogen) atoms. The molecule has 1 N–H and O–H groups in total. The molecule has 0 atom stereocenters. The lowest BCUT2D eigenvalue weighted by atomic mass is 9.91. The molecular weight excluding hydrogens is 256 g/mol. The van der Waals surface area contributed by atoms with Crippen molar-refractivity contribution in [1.82, 2.24) is 10.2 Å². The molecule has 1 aromatic carbocycles. The minimum Gasteiger partial charge on any atom is -0.454 e. The van der Waals surface area contributed by atoms with Crippen molar-refractivity contribution < 1.29 is 14.2 Å². The van der Waals surface area contributed by atoms with Crippen molar-refractivity contribution in [2.24, 2.45) is 0 Å². The average molecular weight is 272 g/mol. The zero-order chi connectivity index (χ0) is 13.4. The summed E-state index contributed by atoms with van der Waals surface area (Å²) in [7, 11) is 0. The molecule has 5 nitrogen and oxygen atoms in total. The molecule has 1 fully saturated rings. The molecule has 104 valence electrons. The quantitative estimate of drug-likeness (QED) is 0.913. The molecule has 3 heterocycles. The number of aromatic nitrogens is 2. The third kappa shape index (κ3) is 1.94. The van der Waals surface area contributed by atoms with Gasteiger partial charge in [0.1, 0.15) is 0 Å². The predicted octanol–water partition coefficient (Wildman–Crippen LogP) is 2.70. The van der Waals surface area contributed by atoms with Crippen LogP contribution in [0.1, 0.15) is 24.5 Å². The summed E-state index contributed by atoms with van der Waals surface area (Å²) in [5.41, 5.74) is 3.46. The van der Waals surface area contributed by atoms with Crippen LogP contribution in [0.4, 0.5) is 0 Å². The number of H-pyrrole nitrogens is 1. The summed E-state index contributed by atoms with van der Waals surface area (Å²) in [5, 5.41) is 7.39. The highest BCUT2D eigenvalue weighted by Gasteiger charge is 2.22. The summed E-state index contributed by atoms with van der Waals surface area (Å²) in [5.74, 6) is 2.11. The van der Waals surface area contributed by atoms with Crippen LogP contribution in [-0.4, -0.2) is 30.2 Å². The van der Waals surface area contributed by atoms with E-state index in [1.165, 1.54) is 5.69 Å². The maximum Gasteiger partial charge on any atom is 0.231 e. The first kappa shape index (κ1) is 11.8. The number of fused-ring (bicyclic) bond motifs is 1. The van der Waals surface area contributed by atoms with E-state index in [4.69, 9.17) is 14.2 Å². The minimum atomic E-state index is 0.303. The Balaban J connectivity index is 1.70. The smallest absolute Gasteiger partial charge is 0.231 e. The Kier molecular flexibility index (Phi) is 2.85. The van der Waals surface area contributed by atoms with E-state index in [1.54, 1.807) is 0 Å². The lowest BCUT2D eigenvalue weighted by Crippen LogP contribution is -2.15. The largest absolute Gasteiger partial charge is 0.454 e. The molecule has 1 saturated heterocycles. The van der Waals surface area contributed by atoms with E-state index in [0.717, 1.165) is 48.7 Å². The summed E-state index contributed by atoms with van der Waals surface area (Å²) in [6, 6.07) is 6.04. The third-order valence-corrected chi connectivity index (χ3v) is 3.98. The van der Waals surface area contributed by atoms with Gasteiger partial charge < -0.3 is 14.2 Å². The first-order chi connectivity index (χ1) is 9.92. The number of nitrogens with zero attached hydrogens (tertiary/aromatic N) is 1. The van der Waals surface area contributed by atoms with Crippen LogP contribution in [0.25, 0.3) is 11.1 Å². The first-order valence-electron chi connectivity index (χ1n) is 6.93. The fraction of sp³-hybridized carbons (Fsp3) is 0.400. The Morgan fingerprint density at radius 2 is 1.95 bits per heavy atom. The van der Waals surface area contributed by atoms with E-state index in [1.807, 2.05) is 18.3 Å². The van der Waals surface area contributed by atoms with Crippen LogP contribution >= 0.6 is 0 Å². The zero-order valence-corrected chi connectivity index (χ0v) is 11.1. The second kappa shape index (κ2) is 4.83. The number of benzene rings is 1. The van der Waals surface area contributed by atoms with Crippen molar-refractivity contribution in [2.75, 3.05) is 20.0 Å². The monoisotopic (exact) mass is 272 g/mol. The normalized spacial score (nSPS) is 18.4. The summed E-state index contributed by atoms with van der Waals surface area (Å²) >= 11 is 0. The molecule has 0 unspecified atom stereocenters. The van der Waals surface area contributed by atoms with Gasteiger partial charge in [0.15, 0.2) is 11.5 Å². The molecule has 0 aliphatic carbocycles. The molecule has 0 amide bonds.